The van der Waals surface area contributed by atoms with Gasteiger partial charge in [-0.15, -0.1) is 0 Å². The lowest BCUT2D eigenvalue weighted by Gasteiger charge is -2.18. The van der Waals surface area contributed by atoms with Crippen molar-refractivity contribution >= 4 is 11.0 Å². The molecule has 4 rings (SSSR count). The number of methoxy groups -OCH3 is 1. The molecule has 0 radical (unpaired) electrons. The van der Waals surface area contributed by atoms with E-state index in [-0.39, 0.29) is 5.63 Å². The molecule has 4 aromatic rings. The van der Waals surface area contributed by atoms with Gasteiger partial charge in [-0.3, -0.25) is 4.90 Å². The predicted octanol–water partition coefficient (Wildman–Crippen LogP) is 4.24. The third-order valence-corrected chi connectivity index (χ3v) is 5.35. The zero-order valence-electron chi connectivity index (χ0n) is 17.7. The molecule has 0 saturated heterocycles. The Bertz CT molecular complexity index is 1240. The summed E-state index contributed by atoms with van der Waals surface area (Å²) in [7, 11) is 3.64. The van der Waals surface area contributed by atoms with E-state index in [9.17, 15) is 4.79 Å². The van der Waals surface area contributed by atoms with Crippen molar-refractivity contribution < 1.29 is 9.15 Å². The molecule has 0 atom stereocenters. The third kappa shape index (κ3) is 3.86. The predicted molar refractivity (Wildman–Crippen MR) is 117 cm³/mol. The summed E-state index contributed by atoms with van der Waals surface area (Å²) in [6.07, 6.45) is 0. The van der Waals surface area contributed by atoms with Crippen LogP contribution in [0.1, 0.15) is 22.5 Å². The number of aryl methyl sites for hydroxylation is 1. The van der Waals surface area contributed by atoms with Gasteiger partial charge < -0.3 is 9.15 Å². The standard InChI is InChI=1S/C24H25N3O3/c1-16-22(17(2)27(25-16)19-8-6-5-7-9-19)15-26(3)14-18-12-24(28)30-23-13-20(29-4)10-11-21(18)23/h5-13H,14-15H2,1-4H3. The molecule has 0 spiro atoms. The number of rotatable bonds is 6. The summed E-state index contributed by atoms with van der Waals surface area (Å²) >= 11 is 0. The number of aromatic nitrogens is 2. The maximum atomic E-state index is 12.1. The number of benzene rings is 2. The monoisotopic (exact) mass is 403 g/mol. The molecule has 30 heavy (non-hydrogen) atoms. The van der Waals surface area contributed by atoms with E-state index in [2.05, 4.69) is 24.0 Å². The molecule has 2 aromatic heterocycles. The van der Waals surface area contributed by atoms with Gasteiger partial charge in [-0.25, -0.2) is 9.48 Å². The second-order valence-corrected chi connectivity index (χ2v) is 7.52. The largest absolute Gasteiger partial charge is 0.497 e. The highest BCUT2D eigenvalue weighted by Gasteiger charge is 2.16. The fourth-order valence-corrected chi connectivity index (χ4v) is 3.81. The molecule has 0 fully saturated rings. The molecule has 2 heterocycles. The minimum atomic E-state index is -0.358. The Kier molecular flexibility index (Phi) is 5.42. The summed E-state index contributed by atoms with van der Waals surface area (Å²) < 4.78 is 12.6. The van der Waals surface area contributed by atoms with Crippen molar-refractivity contribution in [3.63, 3.8) is 0 Å². The van der Waals surface area contributed by atoms with Crippen LogP contribution in [0.15, 0.2) is 63.8 Å². The molecular weight excluding hydrogens is 378 g/mol. The molecule has 6 heteroatoms. The van der Waals surface area contributed by atoms with Crippen LogP contribution in [-0.4, -0.2) is 28.8 Å². The van der Waals surface area contributed by atoms with E-state index < -0.39 is 0 Å². The Labute approximate surface area is 175 Å². The van der Waals surface area contributed by atoms with Crippen LogP contribution in [0.4, 0.5) is 0 Å². The topological polar surface area (TPSA) is 60.5 Å². The molecule has 2 aromatic carbocycles. The van der Waals surface area contributed by atoms with E-state index in [1.165, 1.54) is 5.56 Å². The van der Waals surface area contributed by atoms with Gasteiger partial charge in [0.2, 0.25) is 0 Å². The Balaban J connectivity index is 1.61. The van der Waals surface area contributed by atoms with Gasteiger partial charge in [0.1, 0.15) is 11.3 Å². The number of hydrogen-bond donors (Lipinski definition) is 0. The first kappa shape index (κ1) is 19.9. The lowest BCUT2D eigenvalue weighted by Crippen LogP contribution is -2.19. The van der Waals surface area contributed by atoms with Crippen molar-refractivity contribution in [2.75, 3.05) is 14.2 Å². The van der Waals surface area contributed by atoms with E-state index in [1.54, 1.807) is 19.2 Å². The zero-order chi connectivity index (χ0) is 21.3. The molecule has 0 bridgehead atoms. The highest BCUT2D eigenvalue weighted by molar-refractivity contribution is 5.81. The quantitative estimate of drug-likeness (QED) is 0.451. The van der Waals surface area contributed by atoms with Gasteiger partial charge in [0.05, 0.1) is 18.5 Å². The molecule has 0 unspecified atom stereocenters. The van der Waals surface area contributed by atoms with Gasteiger partial charge in [-0.05, 0) is 50.7 Å². The molecule has 154 valence electrons. The van der Waals surface area contributed by atoms with Crippen molar-refractivity contribution in [1.29, 1.82) is 0 Å². The minimum Gasteiger partial charge on any atom is -0.497 e. The highest BCUT2D eigenvalue weighted by Crippen LogP contribution is 2.24. The number of fused-ring (bicyclic) bond motifs is 1. The molecule has 0 aliphatic carbocycles. The second kappa shape index (κ2) is 8.16. The van der Waals surface area contributed by atoms with Gasteiger partial charge in [0.15, 0.2) is 0 Å². The van der Waals surface area contributed by atoms with Crippen LogP contribution in [0.2, 0.25) is 0 Å². The zero-order valence-corrected chi connectivity index (χ0v) is 17.7. The second-order valence-electron chi connectivity index (χ2n) is 7.52. The van der Waals surface area contributed by atoms with E-state index in [0.29, 0.717) is 17.9 Å². The Morgan fingerprint density at radius 1 is 1.07 bits per heavy atom. The SMILES string of the molecule is COc1ccc2c(CN(C)Cc3c(C)nn(-c4ccccc4)c3C)cc(=O)oc2c1. The number of ether oxygens (including phenoxy) is 1. The molecule has 0 aliphatic rings. The summed E-state index contributed by atoms with van der Waals surface area (Å²) in [6.45, 7) is 5.47. The van der Waals surface area contributed by atoms with Crippen LogP contribution in [0, 0.1) is 13.8 Å². The average molecular weight is 403 g/mol. The van der Waals surface area contributed by atoms with Gasteiger partial charge >= 0.3 is 5.63 Å². The molecule has 0 amide bonds. The van der Waals surface area contributed by atoms with E-state index >= 15 is 0 Å². The van der Waals surface area contributed by atoms with Crippen molar-refractivity contribution in [3.05, 3.63) is 87.5 Å². The van der Waals surface area contributed by atoms with Gasteiger partial charge in [0.25, 0.3) is 0 Å². The molecule has 0 aliphatic heterocycles. The maximum Gasteiger partial charge on any atom is 0.336 e. The fourth-order valence-electron chi connectivity index (χ4n) is 3.81. The van der Waals surface area contributed by atoms with Crippen LogP contribution < -0.4 is 10.4 Å². The Hall–Kier alpha value is -3.38. The molecule has 0 saturated carbocycles. The van der Waals surface area contributed by atoms with E-state index in [4.69, 9.17) is 14.3 Å². The van der Waals surface area contributed by atoms with Crippen molar-refractivity contribution in [1.82, 2.24) is 14.7 Å². The molecule has 6 nitrogen and oxygen atoms in total. The summed E-state index contributed by atoms with van der Waals surface area (Å²) in [5, 5.41) is 5.65. The van der Waals surface area contributed by atoms with Crippen LogP contribution in [0.3, 0.4) is 0 Å². The van der Waals surface area contributed by atoms with Gasteiger partial charge in [-0.2, -0.15) is 5.10 Å². The Morgan fingerprint density at radius 3 is 2.57 bits per heavy atom. The van der Waals surface area contributed by atoms with Gasteiger partial charge in [0, 0.05) is 41.9 Å². The van der Waals surface area contributed by atoms with Crippen LogP contribution in [-0.2, 0) is 13.1 Å². The van der Waals surface area contributed by atoms with Crippen molar-refractivity contribution in [2.45, 2.75) is 26.9 Å². The van der Waals surface area contributed by atoms with Crippen LogP contribution in [0.25, 0.3) is 16.7 Å². The van der Waals surface area contributed by atoms with Crippen LogP contribution >= 0.6 is 0 Å². The fraction of sp³-hybridized carbons (Fsp3) is 0.250. The van der Waals surface area contributed by atoms with E-state index in [0.717, 1.165) is 34.6 Å². The normalized spacial score (nSPS) is 11.4. The van der Waals surface area contributed by atoms with Crippen molar-refractivity contribution in [2.24, 2.45) is 0 Å². The maximum absolute atomic E-state index is 12.1. The number of para-hydroxylation sites is 1. The molecular formula is C24H25N3O3. The third-order valence-electron chi connectivity index (χ3n) is 5.35. The lowest BCUT2D eigenvalue weighted by atomic mass is 10.1. The molecule has 0 N–H and O–H groups in total. The number of nitrogens with zero attached hydrogens (tertiary/aromatic N) is 3. The smallest absolute Gasteiger partial charge is 0.336 e. The summed E-state index contributed by atoms with van der Waals surface area (Å²) in [5.74, 6) is 0.663. The van der Waals surface area contributed by atoms with E-state index in [1.807, 2.05) is 49.0 Å². The summed E-state index contributed by atoms with van der Waals surface area (Å²) in [4.78, 5) is 14.3. The Morgan fingerprint density at radius 2 is 1.83 bits per heavy atom. The number of hydrogen-bond acceptors (Lipinski definition) is 5. The minimum absolute atomic E-state index is 0.358. The summed E-state index contributed by atoms with van der Waals surface area (Å²) in [5.41, 5.74) is 5.47. The van der Waals surface area contributed by atoms with Crippen LogP contribution in [0.5, 0.6) is 5.75 Å². The lowest BCUT2D eigenvalue weighted by molar-refractivity contribution is 0.318. The summed E-state index contributed by atoms with van der Waals surface area (Å²) in [6, 6.07) is 17.3. The van der Waals surface area contributed by atoms with Gasteiger partial charge in [-0.1, -0.05) is 18.2 Å². The first-order valence-electron chi connectivity index (χ1n) is 9.86. The first-order valence-corrected chi connectivity index (χ1v) is 9.86. The van der Waals surface area contributed by atoms with Crippen molar-refractivity contribution in [3.8, 4) is 11.4 Å². The average Bonchev–Trinajstić information content (AvgIpc) is 3.02. The highest BCUT2D eigenvalue weighted by atomic mass is 16.5. The first-order chi connectivity index (χ1) is 14.5.